The normalized spacial score (nSPS) is 9.45. The van der Waals surface area contributed by atoms with Crippen LogP contribution in [0.25, 0.3) is 0 Å². The van der Waals surface area contributed by atoms with E-state index in [2.05, 4.69) is 15.6 Å². The van der Waals surface area contributed by atoms with Crippen molar-refractivity contribution in [2.75, 3.05) is 19.4 Å². The van der Waals surface area contributed by atoms with Crippen molar-refractivity contribution in [2.24, 2.45) is 0 Å². The molecule has 0 radical (unpaired) electrons. The topological polar surface area (TPSA) is 54.0 Å². The molecule has 20 heavy (non-hydrogen) atoms. The van der Waals surface area contributed by atoms with Gasteiger partial charge in [0.05, 0.1) is 5.56 Å². The average Bonchev–Trinajstić information content (AvgIpc) is 2.49. The molecule has 7 heteroatoms. The van der Waals surface area contributed by atoms with E-state index in [4.69, 9.17) is 0 Å². The van der Waals surface area contributed by atoms with Crippen molar-refractivity contribution < 1.29 is 18.0 Å². The number of anilines is 1. The second-order valence-corrected chi connectivity index (χ2v) is 2.95. The lowest BCUT2D eigenvalue weighted by molar-refractivity contribution is -0.137. The summed E-state index contributed by atoms with van der Waals surface area (Å²) in [6.07, 6.45) is -4.50. The first kappa shape index (κ1) is 20.5. The summed E-state index contributed by atoms with van der Waals surface area (Å²) in [5.41, 5.74) is -1.19. The third kappa shape index (κ3) is 6.40. The summed E-state index contributed by atoms with van der Waals surface area (Å²) < 4.78 is 37.4. The molecule has 0 aliphatic rings. The molecule has 0 fully saturated rings. The summed E-state index contributed by atoms with van der Waals surface area (Å²) in [5, 5.41) is 4.68. The van der Waals surface area contributed by atoms with Crippen molar-refractivity contribution in [3.63, 3.8) is 0 Å². The number of nitrogens with zero attached hydrogens (tertiary/aromatic N) is 1. The Kier molecular flexibility index (Phi) is 10.3. The third-order valence-corrected chi connectivity index (χ3v) is 1.87. The van der Waals surface area contributed by atoms with Crippen LogP contribution in [0.15, 0.2) is 12.1 Å². The number of pyridine rings is 1. The van der Waals surface area contributed by atoms with Crippen molar-refractivity contribution in [1.29, 1.82) is 0 Å². The Bertz CT molecular complexity index is 406. The largest absolute Gasteiger partial charge is 0.416 e. The number of alkyl halides is 3. The molecule has 1 aromatic heterocycles. The first-order valence-electron chi connectivity index (χ1n) is 6.37. The van der Waals surface area contributed by atoms with Crippen LogP contribution in [0.2, 0.25) is 0 Å². The van der Waals surface area contributed by atoms with Gasteiger partial charge in [-0.2, -0.15) is 13.2 Å². The minimum Gasteiger partial charge on any atom is -0.373 e. The second-order valence-electron chi connectivity index (χ2n) is 2.95. The quantitative estimate of drug-likeness (QED) is 0.876. The molecule has 0 unspecified atom stereocenters. The van der Waals surface area contributed by atoms with E-state index in [1.54, 1.807) is 0 Å². The molecule has 0 aliphatic carbocycles. The number of aromatic nitrogens is 1. The standard InChI is InChI=1S/C9H10F3N3O.2C2H6/c1-13-7-4-5(9(10,11)12)3-6(15-7)8(16)14-2;2*1-2/h3-4H,1-2H3,(H,13,15)(H,14,16);2*1-2H3. The lowest BCUT2D eigenvalue weighted by Gasteiger charge is -2.10. The van der Waals surface area contributed by atoms with Gasteiger partial charge >= 0.3 is 6.18 Å². The highest BCUT2D eigenvalue weighted by atomic mass is 19.4. The molecule has 1 aromatic rings. The Balaban J connectivity index is 0. The monoisotopic (exact) mass is 293 g/mol. The maximum absolute atomic E-state index is 12.5. The molecule has 2 N–H and O–H groups in total. The zero-order chi connectivity index (χ0) is 16.3. The fourth-order valence-electron chi connectivity index (χ4n) is 1.07. The maximum atomic E-state index is 12.5. The Morgan fingerprint density at radius 2 is 1.60 bits per heavy atom. The number of rotatable bonds is 2. The van der Waals surface area contributed by atoms with Crippen LogP contribution in [0.4, 0.5) is 19.0 Å². The predicted octanol–water partition coefficient (Wildman–Crippen LogP) is 3.55. The van der Waals surface area contributed by atoms with Crippen LogP contribution in [0, 0.1) is 0 Å². The number of hydrogen-bond acceptors (Lipinski definition) is 3. The SMILES string of the molecule is CC.CC.CNC(=O)c1cc(C(F)(F)F)cc(NC)n1. The van der Waals surface area contributed by atoms with E-state index in [9.17, 15) is 18.0 Å². The molecular formula is C13H22F3N3O. The molecule has 4 nitrogen and oxygen atoms in total. The van der Waals surface area contributed by atoms with Crippen molar-refractivity contribution in [1.82, 2.24) is 10.3 Å². The Hall–Kier alpha value is -1.79. The summed E-state index contributed by atoms with van der Waals surface area (Å²) >= 11 is 0. The molecule has 1 amide bonds. The Labute approximate surface area is 117 Å². The molecule has 0 aliphatic heterocycles. The first-order chi connectivity index (χ1) is 9.38. The van der Waals surface area contributed by atoms with Gasteiger partial charge in [-0.3, -0.25) is 4.79 Å². The lowest BCUT2D eigenvalue weighted by atomic mass is 10.2. The summed E-state index contributed by atoms with van der Waals surface area (Å²) in [7, 11) is 2.75. The number of hydrogen-bond donors (Lipinski definition) is 2. The minimum absolute atomic E-state index is 0.00609. The van der Waals surface area contributed by atoms with E-state index in [1.807, 2.05) is 27.7 Å². The third-order valence-electron chi connectivity index (χ3n) is 1.87. The number of carbonyl (C=O) groups excluding carboxylic acids is 1. The summed E-state index contributed by atoms with van der Waals surface area (Å²) in [4.78, 5) is 14.9. The van der Waals surface area contributed by atoms with E-state index in [0.717, 1.165) is 6.07 Å². The van der Waals surface area contributed by atoms with Gasteiger partial charge in [-0.05, 0) is 12.1 Å². The van der Waals surface area contributed by atoms with Crippen molar-refractivity contribution in [3.05, 3.63) is 23.4 Å². The van der Waals surface area contributed by atoms with Crippen molar-refractivity contribution in [2.45, 2.75) is 33.9 Å². The van der Waals surface area contributed by atoms with Crippen LogP contribution in [-0.4, -0.2) is 25.0 Å². The van der Waals surface area contributed by atoms with E-state index in [-0.39, 0.29) is 11.5 Å². The summed E-state index contributed by atoms with van der Waals surface area (Å²) in [6.45, 7) is 8.00. The Morgan fingerprint density at radius 3 is 1.95 bits per heavy atom. The van der Waals surface area contributed by atoms with Crippen LogP contribution in [0.1, 0.15) is 43.7 Å². The van der Waals surface area contributed by atoms with Gasteiger partial charge in [0.1, 0.15) is 11.5 Å². The Morgan fingerprint density at radius 1 is 1.10 bits per heavy atom. The van der Waals surface area contributed by atoms with E-state index >= 15 is 0 Å². The minimum atomic E-state index is -4.50. The van der Waals surface area contributed by atoms with E-state index in [0.29, 0.717) is 6.07 Å². The molecule has 0 saturated heterocycles. The first-order valence-corrected chi connectivity index (χ1v) is 6.37. The highest BCUT2D eigenvalue weighted by molar-refractivity contribution is 5.92. The zero-order valence-corrected chi connectivity index (χ0v) is 12.6. The summed E-state index contributed by atoms with van der Waals surface area (Å²) in [6, 6.07) is 1.55. The summed E-state index contributed by atoms with van der Waals surface area (Å²) in [5.74, 6) is -0.670. The fourth-order valence-corrected chi connectivity index (χ4v) is 1.07. The fraction of sp³-hybridized carbons (Fsp3) is 0.538. The number of amides is 1. The van der Waals surface area contributed by atoms with Crippen molar-refractivity contribution >= 4 is 11.7 Å². The van der Waals surface area contributed by atoms with Gasteiger partial charge in [-0.25, -0.2) is 4.98 Å². The average molecular weight is 293 g/mol. The maximum Gasteiger partial charge on any atom is 0.416 e. The van der Waals surface area contributed by atoms with Crippen LogP contribution < -0.4 is 10.6 Å². The van der Waals surface area contributed by atoms with Gasteiger partial charge in [0.2, 0.25) is 0 Å². The van der Waals surface area contributed by atoms with Gasteiger partial charge in [-0.1, -0.05) is 27.7 Å². The zero-order valence-electron chi connectivity index (χ0n) is 12.6. The van der Waals surface area contributed by atoms with Crippen molar-refractivity contribution in [3.8, 4) is 0 Å². The van der Waals surface area contributed by atoms with Crippen LogP contribution in [0.3, 0.4) is 0 Å². The number of halogens is 3. The van der Waals surface area contributed by atoms with Crippen LogP contribution in [0.5, 0.6) is 0 Å². The number of carbonyl (C=O) groups is 1. The van der Waals surface area contributed by atoms with Gasteiger partial charge in [0, 0.05) is 14.1 Å². The second kappa shape index (κ2) is 10.1. The van der Waals surface area contributed by atoms with E-state index in [1.165, 1.54) is 14.1 Å². The lowest BCUT2D eigenvalue weighted by Crippen LogP contribution is -2.21. The molecular weight excluding hydrogens is 271 g/mol. The smallest absolute Gasteiger partial charge is 0.373 e. The molecule has 0 aromatic carbocycles. The van der Waals surface area contributed by atoms with Crippen LogP contribution in [-0.2, 0) is 6.18 Å². The van der Waals surface area contributed by atoms with Crippen LogP contribution >= 0.6 is 0 Å². The van der Waals surface area contributed by atoms with E-state index < -0.39 is 17.6 Å². The van der Waals surface area contributed by atoms with Gasteiger partial charge in [0.25, 0.3) is 5.91 Å². The molecule has 0 bridgehead atoms. The molecule has 1 rings (SSSR count). The predicted molar refractivity (Wildman–Crippen MR) is 74.9 cm³/mol. The molecule has 1 heterocycles. The van der Waals surface area contributed by atoms with Gasteiger partial charge in [-0.15, -0.1) is 0 Å². The molecule has 116 valence electrons. The number of nitrogens with one attached hydrogen (secondary N) is 2. The molecule has 0 atom stereocenters. The van der Waals surface area contributed by atoms with Gasteiger partial charge in [0.15, 0.2) is 0 Å². The highest BCUT2D eigenvalue weighted by Crippen LogP contribution is 2.30. The van der Waals surface area contributed by atoms with Gasteiger partial charge < -0.3 is 10.6 Å². The molecule has 0 saturated carbocycles. The molecule has 0 spiro atoms. The highest BCUT2D eigenvalue weighted by Gasteiger charge is 2.32.